The van der Waals surface area contributed by atoms with Gasteiger partial charge >= 0.3 is 5.69 Å². The van der Waals surface area contributed by atoms with E-state index in [9.17, 15) is 20.0 Å². The molecule has 0 bridgehead atoms. The number of hydrogen-bond donors (Lipinski definition) is 1. The molecule has 0 saturated heterocycles. The zero-order valence-electron chi connectivity index (χ0n) is 13.1. The second kappa shape index (κ2) is 6.43. The number of ketones is 1. The molecule has 0 spiro atoms. The second-order valence-electron chi connectivity index (χ2n) is 5.06. The Bertz CT molecular complexity index is 806. The summed E-state index contributed by atoms with van der Waals surface area (Å²) in [5.41, 5.74) is 2.13. The molecule has 1 aromatic heterocycles. The fourth-order valence-corrected chi connectivity index (χ4v) is 2.42. The van der Waals surface area contributed by atoms with Crippen molar-refractivity contribution in [1.29, 1.82) is 0 Å². The van der Waals surface area contributed by atoms with Crippen LogP contribution in [-0.4, -0.2) is 25.6 Å². The molecular formula is C16H17N3O4. The molecule has 0 radical (unpaired) electrons. The molecule has 0 saturated carbocycles. The standard InChI is InChI=1S/C16H17N3O4/c1-4-18-11(3)16(10(2)17-18)14(20)8-6-12-5-7-13(19(22)23)15(21)9-12/h5-9,21H,4H2,1-3H3/b8-6+. The SMILES string of the molecule is CCn1nc(C)c(C(=O)/C=C/c2ccc([N+](=O)[O-])c(O)c2)c1C. The first-order valence-electron chi connectivity index (χ1n) is 7.09. The van der Waals surface area contributed by atoms with Gasteiger partial charge in [-0.25, -0.2) is 0 Å². The van der Waals surface area contributed by atoms with Crippen LogP contribution < -0.4 is 0 Å². The molecule has 1 aromatic carbocycles. The molecule has 7 nitrogen and oxygen atoms in total. The summed E-state index contributed by atoms with van der Waals surface area (Å²) in [6, 6.07) is 3.92. The molecular weight excluding hydrogens is 298 g/mol. The number of hydrogen-bond acceptors (Lipinski definition) is 5. The second-order valence-corrected chi connectivity index (χ2v) is 5.06. The van der Waals surface area contributed by atoms with Gasteiger partial charge in [-0.15, -0.1) is 0 Å². The lowest BCUT2D eigenvalue weighted by Gasteiger charge is -2.00. The number of carbonyl (C=O) groups excluding carboxylic acids is 1. The van der Waals surface area contributed by atoms with E-state index in [1.807, 2.05) is 13.8 Å². The number of aromatic nitrogens is 2. The highest BCUT2D eigenvalue weighted by Gasteiger charge is 2.16. The van der Waals surface area contributed by atoms with Crippen LogP contribution in [0.15, 0.2) is 24.3 Å². The number of phenols is 1. The van der Waals surface area contributed by atoms with E-state index in [4.69, 9.17) is 0 Å². The Morgan fingerprint density at radius 1 is 1.43 bits per heavy atom. The van der Waals surface area contributed by atoms with Gasteiger partial charge in [-0.1, -0.05) is 6.08 Å². The van der Waals surface area contributed by atoms with Crippen LogP contribution in [0.1, 0.15) is 34.2 Å². The maximum Gasteiger partial charge on any atom is 0.310 e. The smallest absolute Gasteiger partial charge is 0.310 e. The Balaban J connectivity index is 2.27. The molecule has 1 heterocycles. The minimum Gasteiger partial charge on any atom is -0.502 e. The van der Waals surface area contributed by atoms with Gasteiger partial charge in [0.2, 0.25) is 0 Å². The first-order valence-corrected chi connectivity index (χ1v) is 7.09. The number of allylic oxidation sites excluding steroid dienone is 1. The first kappa shape index (κ1) is 16.4. The van der Waals surface area contributed by atoms with E-state index < -0.39 is 10.7 Å². The van der Waals surface area contributed by atoms with Gasteiger partial charge in [0.05, 0.1) is 16.2 Å². The van der Waals surface area contributed by atoms with Crippen LogP contribution in [0, 0.1) is 24.0 Å². The molecule has 0 aliphatic rings. The Morgan fingerprint density at radius 2 is 2.13 bits per heavy atom. The van der Waals surface area contributed by atoms with Crippen LogP contribution in [0.3, 0.4) is 0 Å². The molecule has 1 N–H and O–H groups in total. The number of nitro groups is 1. The molecule has 0 aliphatic heterocycles. The minimum absolute atomic E-state index is 0.197. The van der Waals surface area contributed by atoms with Gasteiger partial charge in [0.15, 0.2) is 11.5 Å². The quantitative estimate of drug-likeness (QED) is 0.396. The highest BCUT2D eigenvalue weighted by atomic mass is 16.6. The van der Waals surface area contributed by atoms with Crippen molar-refractivity contribution in [3.63, 3.8) is 0 Å². The average molecular weight is 315 g/mol. The molecule has 0 atom stereocenters. The summed E-state index contributed by atoms with van der Waals surface area (Å²) >= 11 is 0. The number of aromatic hydroxyl groups is 1. The van der Waals surface area contributed by atoms with E-state index in [1.165, 1.54) is 30.4 Å². The van der Waals surface area contributed by atoms with E-state index >= 15 is 0 Å². The third-order valence-electron chi connectivity index (χ3n) is 3.55. The molecule has 7 heteroatoms. The number of phenolic OH excluding ortho intramolecular Hbond substituents is 1. The molecule has 0 aliphatic carbocycles. The fraction of sp³-hybridized carbons (Fsp3) is 0.250. The summed E-state index contributed by atoms with van der Waals surface area (Å²) in [5.74, 6) is -0.631. The number of carbonyl (C=O) groups is 1. The molecule has 0 amide bonds. The summed E-state index contributed by atoms with van der Waals surface area (Å²) < 4.78 is 1.76. The lowest BCUT2D eigenvalue weighted by molar-refractivity contribution is -0.385. The highest BCUT2D eigenvalue weighted by Crippen LogP contribution is 2.26. The Labute approximate surface area is 133 Å². The van der Waals surface area contributed by atoms with Crippen LogP contribution in [0.5, 0.6) is 5.75 Å². The van der Waals surface area contributed by atoms with Crippen LogP contribution in [0.25, 0.3) is 6.08 Å². The highest BCUT2D eigenvalue weighted by molar-refractivity contribution is 6.08. The van der Waals surface area contributed by atoms with E-state index in [-0.39, 0.29) is 11.5 Å². The van der Waals surface area contributed by atoms with Crippen molar-refractivity contribution in [2.75, 3.05) is 0 Å². The van der Waals surface area contributed by atoms with Crippen molar-refractivity contribution in [2.24, 2.45) is 0 Å². The maximum atomic E-state index is 12.3. The summed E-state index contributed by atoms with van der Waals surface area (Å²) in [6.07, 6.45) is 2.88. The monoisotopic (exact) mass is 315 g/mol. The van der Waals surface area contributed by atoms with Gasteiger partial charge in [-0.05, 0) is 44.5 Å². The third-order valence-corrected chi connectivity index (χ3v) is 3.55. The Kier molecular flexibility index (Phi) is 4.59. The van der Waals surface area contributed by atoms with E-state index in [0.29, 0.717) is 23.4 Å². The van der Waals surface area contributed by atoms with Crippen molar-refractivity contribution < 1.29 is 14.8 Å². The molecule has 2 aromatic rings. The number of nitro benzene ring substituents is 1. The normalized spacial score (nSPS) is 11.1. The first-order chi connectivity index (χ1) is 10.8. The van der Waals surface area contributed by atoms with Crippen molar-refractivity contribution in [3.8, 4) is 5.75 Å². The minimum atomic E-state index is -0.667. The van der Waals surface area contributed by atoms with Gasteiger partial charge in [0, 0.05) is 18.3 Å². The van der Waals surface area contributed by atoms with Gasteiger partial charge in [0.25, 0.3) is 0 Å². The molecule has 0 unspecified atom stereocenters. The number of rotatable bonds is 5. The van der Waals surface area contributed by atoms with Crippen molar-refractivity contribution in [1.82, 2.24) is 9.78 Å². The predicted octanol–water partition coefficient (Wildman–Crippen LogP) is 3.03. The van der Waals surface area contributed by atoms with Crippen LogP contribution in [0.4, 0.5) is 5.69 Å². The zero-order valence-corrected chi connectivity index (χ0v) is 13.1. The van der Waals surface area contributed by atoms with Crippen LogP contribution in [0.2, 0.25) is 0 Å². The van der Waals surface area contributed by atoms with Gasteiger partial charge in [-0.3, -0.25) is 19.6 Å². The molecule has 0 fully saturated rings. The average Bonchev–Trinajstić information content (AvgIpc) is 2.78. The van der Waals surface area contributed by atoms with Gasteiger partial charge < -0.3 is 5.11 Å². The zero-order chi connectivity index (χ0) is 17.1. The molecule has 23 heavy (non-hydrogen) atoms. The summed E-state index contributed by atoms with van der Waals surface area (Å²) in [6.45, 7) is 6.24. The predicted molar refractivity (Wildman–Crippen MR) is 85.5 cm³/mol. The van der Waals surface area contributed by atoms with E-state index in [1.54, 1.807) is 11.6 Å². The van der Waals surface area contributed by atoms with Gasteiger partial charge in [-0.2, -0.15) is 5.10 Å². The Morgan fingerprint density at radius 3 is 2.65 bits per heavy atom. The number of aryl methyl sites for hydroxylation is 2. The number of benzene rings is 1. The maximum absolute atomic E-state index is 12.3. The fourth-order valence-electron chi connectivity index (χ4n) is 2.42. The molecule has 120 valence electrons. The van der Waals surface area contributed by atoms with E-state index in [2.05, 4.69) is 5.10 Å². The van der Waals surface area contributed by atoms with E-state index in [0.717, 1.165) is 5.69 Å². The summed E-state index contributed by atoms with van der Waals surface area (Å²) in [5, 5.41) is 24.5. The van der Waals surface area contributed by atoms with Crippen molar-refractivity contribution >= 4 is 17.5 Å². The lowest BCUT2D eigenvalue weighted by atomic mass is 10.1. The topological polar surface area (TPSA) is 98.3 Å². The largest absolute Gasteiger partial charge is 0.502 e. The van der Waals surface area contributed by atoms with Gasteiger partial charge in [0.1, 0.15) is 0 Å². The van der Waals surface area contributed by atoms with Crippen molar-refractivity contribution in [3.05, 3.63) is 56.9 Å². The summed E-state index contributed by atoms with van der Waals surface area (Å²) in [4.78, 5) is 22.3. The lowest BCUT2D eigenvalue weighted by Crippen LogP contribution is -2.01. The van der Waals surface area contributed by atoms with Crippen LogP contribution >= 0.6 is 0 Å². The third kappa shape index (κ3) is 3.28. The summed E-state index contributed by atoms with van der Waals surface area (Å²) in [7, 11) is 0. The Hall–Kier alpha value is -2.96. The molecule has 2 rings (SSSR count). The van der Waals surface area contributed by atoms with Crippen LogP contribution in [-0.2, 0) is 6.54 Å². The number of nitrogens with zero attached hydrogens (tertiary/aromatic N) is 3. The van der Waals surface area contributed by atoms with Crippen molar-refractivity contribution in [2.45, 2.75) is 27.3 Å².